The van der Waals surface area contributed by atoms with Gasteiger partial charge in [0.15, 0.2) is 4.80 Å². The Morgan fingerprint density at radius 1 is 1.15 bits per heavy atom. The highest BCUT2D eigenvalue weighted by Crippen LogP contribution is 2.29. The predicted molar refractivity (Wildman–Crippen MR) is 126 cm³/mol. The van der Waals surface area contributed by atoms with Crippen molar-refractivity contribution in [2.24, 2.45) is 10.1 Å². The molecule has 176 valence electrons. The maximum absolute atomic E-state index is 12.9. The van der Waals surface area contributed by atoms with Gasteiger partial charge in [-0.25, -0.2) is 13.6 Å². The minimum atomic E-state index is -3.94. The number of hydrogen-bond acceptors (Lipinski definition) is 9. The number of hydrogen-bond donors (Lipinski definition) is 1. The van der Waals surface area contributed by atoms with E-state index in [1.807, 2.05) is 0 Å². The third-order valence-corrected chi connectivity index (χ3v) is 7.92. The number of thiazole rings is 1. The number of rotatable bonds is 6. The van der Waals surface area contributed by atoms with E-state index in [0.29, 0.717) is 20.3 Å². The van der Waals surface area contributed by atoms with E-state index in [9.17, 15) is 28.1 Å². The zero-order valence-corrected chi connectivity index (χ0v) is 19.9. The van der Waals surface area contributed by atoms with Gasteiger partial charge in [0, 0.05) is 28.8 Å². The summed E-state index contributed by atoms with van der Waals surface area (Å²) >= 11 is 2.21. The third-order valence-electron chi connectivity index (χ3n) is 4.87. The number of amides is 1. The highest BCUT2D eigenvalue weighted by molar-refractivity contribution is 7.89. The van der Waals surface area contributed by atoms with Crippen LogP contribution in [0.5, 0.6) is 0 Å². The van der Waals surface area contributed by atoms with E-state index in [1.54, 1.807) is 10.6 Å². The monoisotopic (exact) mass is 520 g/mol. The summed E-state index contributed by atoms with van der Waals surface area (Å²) in [6.45, 7) is 0.145. The molecule has 11 nitrogen and oxygen atoms in total. The van der Waals surface area contributed by atoms with Crippen LogP contribution in [0.1, 0.15) is 16.1 Å². The Morgan fingerprint density at radius 3 is 2.59 bits per heavy atom. The fraction of sp³-hybridized carbons (Fsp3) is 0.150. The van der Waals surface area contributed by atoms with Crippen molar-refractivity contribution in [1.82, 2.24) is 4.57 Å². The average Bonchev–Trinajstić information content (AvgIpc) is 3.36. The zero-order chi connectivity index (χ0) is 24.6. The normalized spacial score (nSPS) is 12.4. The number of esters is 1. The second-order valence-corrected chi connectivity index (χ2v) is 10.7. The van der Waals surface area contributed by atoms with Crippen LogP contribution in [0, 0.1) is 10.1 Å². The standard InChI is InChI=1S/C20H16N4O7S3/c1-31-18(25)6-7-23-14-4-3-13(34(21,29)30)10-16(14)33-20(23)22-19(26)17-9-11-8-12(24(27)28)2-5-15(11)32-17/h2-5,8-10H,6-7H2,1H3,(H2,21,29,30). The molecule has 4 aromatic rings. The predicted octanol–water partition coefficient (Wildman–Crippen LogP) is 2.78. The van der Waals surface area contributed by atoms with Gasteiger partial charge >= 0.3 is 5.97 Å². The summed E-state index contributed by atoms with van der Waals surface area (Å²) in [7, 11) is -2.68. The van der Waals surface area contributed by atoms with E-state index in [2.05, 4.69) is 9.73 Å². The summed E-state index contributed by atoms with van der Waals surface area (Å²) in [5, 5.41) is 16.8. The van der Waals surface area contributed by atoms with E-state index in [0.717, 1.165) is 22.7 Å². The van der Waals surface area contributed by atoms with Gasteiger partial charge in [0.2, 0.25) is 10.0 Å². The second kappa shape index (κ2) is 9.06. The number of sulfonamides is 1. The quantitative estimate of drug-likeness (QED) is 0.232. The second-order valence-electron chi connectivity index (χ2n) is 7.04. The van der Waals surface area contributed by atoms with Gasteiger partial charge in [0.05, 0.1) is 38.4 Å². The Balaban J connectivity index is 1.81. The summed E-state index contributed by atoms with van der Waals surface area (Å²) in [6, 6.07) is 10.1. The summed E-state index contributed by atoms with van der Waals surface area (Å²) in [5.41, 5.74) is 0.483. The number of carbonyl (C=O) groups is 2. The molecule has 2 heterocycles. The van der Waals surface area contributed by atoms with Crippen molar-refractivity contribution >= 4 is 70.6 Å². The molecular weight excluding hydrogens is 504 g/mol. The lowest BCUT2D eigenvalue weighted by molar-refractivity contribution is -0.384. The van der Waals surface area contributed by atoms with Gasteiger partial charge in [0.1, 0.15) is 0 Å². The lowest BCUT2D eigenvalue weighted by Gasteiger charge is -2.05. The smallest absolute Gasteiger partial charge is 0.307 e. The van der Waals surface area contributed by atoms with E-state index < -0.39 is 26.8 Å². The summed E-state index contributed by atoms with van der Waals surface area (Å²) < 4.78 is 31.0. The maximum atomic E-state index is 12.9. The number of aryl methyl sites for hydroxylation is 1. The number of thiophene rings is 1. The number of nitrogens with two attached hydrogens (primary N) is 1. The number of ether oxygens (including phenoxy) is 1. The van der Waals surface area contributed by atoms with Gasteiger partial charge in [-0.1, -0.05) is 11.3 Å². The molecule has 14 heteroatoms. The van der Waals surface area contributed by atoms with Gasteiger partial charge in [-0.15, -0.1) is 11.3 Å². The highest BCUT2D eigenvalue weighted by atomic mass is 32.2. The first-order chi connectivity index (χ1) is 16.1. The molecule has 0 unspecified atom stereocenters. The Kier molecular flexibility index (Phi) is 6.31. The Labute approximate surface area is 199 Å². The highest BCUT2D eigenvalue weighted by Gasteiger charge is 2.16. The van der Waals surface area contributed by atoms with Crippen LogP contribution in [0.15, 0.2) is 52.4 Å². The first kappa shape index (κ1) is 23.7. The molecule has 0 fully saturated rings. The van der Waals surface area contributed by atoms with Crippen LogP contribution >= 0.6 is 22.7 Å². The number of carbonyl (C=O) groups excluding carboxylic acids is 2. The number of nitro groups is 1. The number of primary sulfonamides is 1. The number of nitrogens with zero attached hydrogens (tertiary/aromatic N) is 3. The molecule has 0 aliphatic rings. The first-order valence-corrected chi connectivity index (χ1v) is 12.7. The molecule has 0 saturated carbocycles. The largest absolute Gasteiger partial charge is 0.469 e. The zero-order valence-electron chi connectivity index (χ0n) is 17.5. The SMILES string of the molecule is COC(=O)CCn1c(=NC(=O)c2cc3cc([N+](=O)[O-])ccc3s2)sc2cc(S(N)(=O)=O)ccc21. The van der Waals surface area contributed by atoms with Crippen molar-refractivity contribution in [2.75, 3.05) is 7.11 Å². The molecule has 0 radical (unpaired) electrons. The van der Waals surface area contributed by atoms with E-state index in [4.69, 9.17) is 5.14 Å². The maximum Gasteiger partial charge on any atom is 0.307 e. The van der Waals surface area contributed by atoms with Gasteiger partial charge in [-0.3, -0.25) is 19.7 Å². The molecule has 0 aliphatic carbocycles. The van der Waals surface area contributed by atoms with Crippen molar-refractivity contribution in [2.45, 2.75) is 17.9 Å². The molecule has 0 spiro atoms. The van der Waals surface area contributed by atoms with E-state index in [1.165, 1.54) is 43.5 Å². The van der Waals surface area contributed by atoms with Crippen molar-refractivity contribution in [1.29, 1.82) is 0 Å². The minimum absolute atomic E-state index is 0.00715. The topological polar surface area (TPSA) is 164 Å². The van der Waals surface area contributed by atoms with Crippen LogP contribution in [0.3, 0.4) is 0 Å². The van der Waals surface area contributed by atoms with Crippen LogP contribution in [0.2, 0.25) is 0 Å². The first-order valence-electron chi connectivity index (χ1n) is 9.57. The fourth-order valence-corrected chi connectivity index (χ4v) is 5.86. The summed E-state index contributed by atoms with van der Waals surface area (Å²) in [5.74, 6) is -1.04. The number of non-ortho nitro benzene ring substituents is 1. The van der Waals surface area contributed by atoms with Crippen LogP contribution < -0.4 is 9.94 Å². The Hall–Kier alpha value is -3.46. The number of fused-ring (bicyclic) bond motifs is 2. The number of methoxy groups -OCH3 is 1. The molecule has 4 rings (SSSR count). The van der Waals surface area contributed by atoms with Crippen LogP contribution in [0.25, 0.3) is 20.3 Å². The molecule has 0 aliphatic heterocycles. The lowest BCUT2D eigenvalue weighted by atomic mass is 10.2. The number of benzene rings is 2. The molecule has 34 heavy (non-hydrogen) atoms. The molecule has 0 bridgehead atoms. The van der Waals surface area contributed by atoms with E-state index in [-0.39, 0.29) is 33.2 Å². The lowest BCUT2D eigenvalue weighted by Crippen LogP contribution is -2.19. The molecule has 2 N–H and O–H groups in total. The fourth-order valence-electron chi connectivity index (χ4n) is 3.23. The van der Waals surface area contributed by atoms with Crippen molar-refractivity contribution in [3.63, 3.8) is 0 Å². The third kappa shape index (κ3) is 4.75. The van der Waals surface area contributed by atoms with Crippen molar-refractivity contribution < 1.29 is 27.7 Å². The van der Waals surface area contributed by atoms with Gasteiger partial charge in [0.25, 0.3) is 11.6 Å². The number of aromatic nitrogens is 1. The Bertz CT molecular complexity index is 1650. The van der Waals surface area contributed by atoms with Gasteiger partial charge in [-0.05, 0) is 30.3 Å². The molecule has 1 amide bonds. The van der Waals surface area contributed by atoms with Crippen LogP contribution in [-0.4, -0.2) is 36.9 Å². The van der Waals surface area contributed by atoms with Crippen LogP contribution in [0.4, 0.5) is 5.69 Å². The number of nitro benzene ring substituents is 1. The average molecular weight is 521 g/mol. The van der Waals surface area contributed by atoms with Gasteiger partial charge in [-0.2, -0.15) is 4.99 Å². The van der Waals surface area contributed by atoms with Crippen molar-refractivity contribution in [3.8, 4) is 0 Å². The Morgan fingerprint density at radius 2 is 1.91 bits per heavy atom. The molecule has 2 aromatic carbocycles. The van der Waals surface area contributed by atoms with Crippen LogP contribution in [-0.2, 0) is 26.1 Å². The molecule has 0 saturated heterocycles. The van der Waals surface area contributed by atoms with Crippen molar-refractivity contribution in [3.05, 3.63) is 62.3 Å². The summed E-state index contributed by atoms with van der Waals surface area (Å²) in [6.07, 6.45) is 0.00715. The minimum Gasteiger partial charge on any atom is -0.469 e. The molecule has 2 aromatic heterocycles. The van der Waals surface area contributed by atoms with E-state index >= 15 is 0 Å². The molecular formula is C20H16N4O7S3. The molecule has 0 atom stereocenters. The van der Waals surface area contributed by atoms with Gasteiger partial charge < -0.3 is 9.30 Å². The summed E-state index contributed by atoms with van der Waals surface area (Å²) in [4.78, 5) is 39.8.